The van der Waals surface area contributed by atoms with Gasteiger partial charge >= 0.3 is 0 Å². The van der Waals surface area contributed by atoms with Crippen molar-refractivity contribution in [1.29, 1.82) is 0 Å². The smallest absolute Gasteiger partial charge is 0.221 e. The maximum absolute atomic E-state index is 12.6. The fraction of sp³-hybridized carbons (Fsp3) is 0.174. The van der Waals surface area contributed by atoms with E-state index in [9.17, 15) is 9.59 Å². The normalized spacial score (nSPS) is 12.0. The first-order valence-corrected chi connectivity index (χ1v) is 10.8. The zero-order chi connectivity index (χ0) is 20.9. The number of aromatic amines is 1. The first-order chi connectivity index (χ1) is 14.6. The minimum atomic E-state index is -0.321. The summed E-state index contributed by atoms with van der Waals surface area (Å²) in [6.45, 7) is 0. The van der Waals surface area contributed by atoms with Crippen LogP contribution in [0.25, 0.3) is 11.0 Å². The lowest BCUT2D eigenvalue weighted by molar-refractivity contribution is -0.121. The Labute approximate surface area is 183 Å². The molecule has 0 saturated heterocycles. The molecule has 2 aromatic carbocycles. The standard InChI is InChI=1S/C23H20ClN3O2S/c24-21-12-11-20(30-21)19(28)10-13-22(29)25-18(14-15-6-2-1-3-7-15)23-26-16-8-4-5-9-17(16)27-23/h1-9,11-12,18H,10,13-14H2,(H,25,29)(H,26,27)/t18-/m0/s1. The molecular weight excluding hydrogens is 418 g/mol. The molecule has 0 bridgehead atoms. The van der Waals surface area contributed by atoms with Gasteiger partial charge in [0.2, 0.25) is 5.91 Å². The van der Waals surface area contributed by atoms with Crippen molar-refractivity contribution in [3.8, 4) is 0 Å². The molecule has 5 nitrogen and oxygen atoms in total. The summed E-state index contributed by atoms with van der Waals surface area (Å²) < 4.78 is 0.565. The third-order valence-corrected chi connectivity index (χ3v) is 6.05. The average molecular weight is 438 g/mol. The highest BCUT2D eigenvalue weighted by Crippen LogP contribution is 2.23. The lowest BCUT2D eigenvalue weighted by Gasteiger charge is -2.17. The van der Waals surface area contributed by atoms with Crippen molar-refractivity contribution in [1.82, 2.24) is 15.3 Å². The van der Waals surface area contributed by atoms with E-state index in [0.29, 0.717) is 21.5 Å². The van der Waals surface area contributed by atoms with Crippen molar-refractivity contribution in [3.05, 3.63) is 87.3 Å². The van der Waals surface area contributed by atoms with Crippen LogP contribution in [0.2, 0.25) is 4.34 Å². The number of carbonyl (C=O) groups is 2. The molecule has 2 N–H and O–H groups in total. The predicted molar refractivity (Wildman–Crippen MR) is 120 cm³/mol. The van der Waals surface area contributed by atoms with E-state index < -0.39 is 0 Å². The number of nitrogens with one attached hydrogen (secondary N) is 2. The van der Waals surface area contributed by atoms with Gasteiger partial charge in [-0.1, -0.05) is 54.1 Å². The number of para-hydroxylation sites is 2. The number of hydrogen-bond acceptors (Lipinski definition) is 4. The summed E-state index contributed by atoms with van der Waals surface area (Å²) >= 11 is 7.12. The van der Waals surface area contributed by atoms with Crippen LogP contribution in [0.1, 0.15) is 39.9 Å². The molecule has 1 amide bonds. The van der Waals surface area contributed by atoms with Gasteiger partial charge in [0, 0.05) is 12.8 Å². The largest absolute Gasteiger partial charge is 0.346 e. The molecule has 30 heavy (non-hydrogen) atoms. The van der Waals surface area contributed by atoms with Crippen LogP contribution in [-0.2, 0) is 11.2 Å². The Kier molecular flexibility index (Phi) is 6.26. The second-order valence-corrected chi connectivity index (χ2v) is 8.69. The minimum Gasteiger partial charge on any atom is -0.346 e. The summed E-state index contributed by atoms with van der Waals surface area (Å²) in [6, 6.07) is 20.8. The van der Waals surface area contributed by atoms with Gasteiger partial charge in [0.25, 0.3) is 0 Å². The molecule has 4 aromatic rings. The van der Waals surface area contributed by atoms with Crippen molar-refractivity contribution >= 4 is 45.7 Å². The van der Waals surface area contributed by atoms with E-state index in [0.717, 1.165) is 16.6 Å². The maximum atomic E-state index is 12.6. The van der Waals surface area contributed by atoms with Crippen molar-refractivity contribution < 1.29 is 9.59 Å². The number of nitrogens with zero attached hydrogens (tertiary/aromatic N) is 1. The number of ketones is 1. The van der Waals surface area contributed by atoms with Gasteiger partial charge < -0.3 is 10.3 Å². The number of H-pyrrole nitrogens is 1. The maximum Gasteiger partial charge on any atom is 0.221 e. The number of aromatic nitrogens is 2. The van der Waals surface area contributed by atoms with Crippen LogP contribution in [0.3, 0.4) is 0 Å². The third kappa shape index (κ3) is 4.96. The molecule has 0 unspecified atom stereocenters. The minimum absolute atomic E-state index is 0.0783. The molecule has 0 aliphatic heterocycles. The summed E-state index contributed by atoms with van der Waals surface area (Å²) in [5, 5.41) is 3.05. The molecule has 2 heterocycles. The van der Waals surface area contributed by atoms with Gasteiger partial charge in [0.15, 0.2) is 5.78 Å². The SMILES string of the molecule is O=C(CCC(=O)c1ccc(Cl)s1)N[C@@H](Cc1ccccc1)c1nc2ccccc2[nH]1. The van der Waals surface area contributed by atoms with E-state index in [1.807, 2.05) is 54.6 Å². The molecule has 0 radical (unpaired) electrons. The molecule has 0 saturated carbocycles. The number of halogens is 1. The van der Waals surface area contributed by atoms with Crippen molar-refractivity contribution in [2.24, 2.45) is 0 Å². The second kappa shape index (κ2) is 9.24. The number of thiophene rings is 1. The highest BCUT2D eigenvalue weighted by Gasteiger charge is 2.20. The highest BCUT2D eigenvalue weighted by molar-refractivity contribution is 7.18. The van der Waals surface area contributed by atoms with E-state index in [2.05, 4.69) is 15.3 Å². The number of hydrogen-bond donors (Lipinski definition) is 2. The topological polar surface area (TPSA) is 74.8 Å². The van der Waals surface area contributed by atoms with E-state index in [-0.39, 0.29) is 30.6 Å². The fourth-order valence-corrected chi connectivity index (χ4v) is 4.29. The van der Waals surface area contributed by atoms with Gasteiger partial charge in [-0.05, 0) is 36.2 Å². The third-order valence-electron chi connectivity index (χ3n) is 4.78. The zero-order valence-corrected chi connectivity index (χ0v) is 17.7. The van der Waals surface area contributed by atoms with Gasteiger partial charge in [-0.2, -0.15) is 0 Å². The van der Waals surface area contributed by atoms with Crippen molar-refractivity contribution in [2.45, 2.75) is 25.3 Å². The van der Waals surface area contributed by atoms with Gasteiger partial charge in [-0.3, -0.25) is 9.59 Å². The Morgan fingerprint density at radius 2 is 1.77 bits per heavy atom. The molecule has 2 aromatic heterocycles. The summed E-state index contributed by atoms with van der Waals surface area (Å²) in [6.07, 6.45) is 0.849. The van der Waals surface area contributed by atoms with Crippen molar-refractivity contribution in [2.75, 3.05) is 0 Å². The Hall–Kier alpha value is -2.96. The number of carbonyl (C=O) groups excluding carboxylic acids is 2. The molecule has 0 aliphatic carbocycles. The molecule has 1 atom stereocenters. The van der Waals surface area contributed by atoms with Crippen LogP contribution in [0.5, 0.6) is 0 Å². The van der Waals surface area contributed by atoms with Gasteiger partial charge in [-0.15, -0.1) is 11.3 Å². The number of Topliss-reactive ketones (excluding diaryl/α,β-unsaturated/α-hetero) is 1. The number of fused-ring (bicyclic) bond motifs is 1. The molecule has 152 valence electrons. The van der Waals surface area contributed by atoms with E-state index in [1.165, 1.54) is 11.3 Å². The van der Waals surface area contributed by atoms with E-state index in [4.69, 9.17) is 11.6 Å². The zero-order valence-electron chi connectivity index (χ0n) is 16.1. The number of benzene rings is 2. The molecule has 7 heteroatoms. The van der Waals surface area contributed by atoms with Gasteiger partial charge in [0.1, 0.15) is 5.82 Å². The van der Waals surface area contributed by atoms with Crippen LogP contribution in [0.15, 0.2) is 66.7 Å². The number of amides is 1. The molecular formula is C23H20ClN3O2S. The summed E-state index contributed by atoms with van der Waals surface area (Å²) in [5.41, 5.74) is 2.86. The first-order valence-electron chi connectivity index (χ1n) is 9.65. The Bertz CT molecular complexity index is 1140. The van der Waals surface area contributed by atoms with E-state index in [1.54, 1.807) is 12.1 Å². The molecule has 0 fully saturated rings. The highest BCUT2D eigenvalue weighted by atomic mass is 35.5. The van der Waals surface area contributed by atoms with Crippen LogP contribution < -0.4 is 5.32 Å². The van der Waals surface area contributed by atoms with Crippen LogP contribution >= 0.6 is 22.9 Å². The fourth-order valence-electron chi connectivity index (χ4n) is 3.28. The first kappa shape index (κ1) is 20.3. The summed E-state index contributed by atoms with van der Waals surface area (Å²) in [7, 11) is 0. The second-order valence-electron chi connectivity index (χ2n) is 6.98. The predicted octanol–water partition coefficient (Wildman–Crippen LogP) is 5.34. The quantitative estimate of drug-likeness (QED) is 0.365. The molecule has 0 spiro atoms. The van der Waals surface area contributed by atoms with Crippen molar-refractivity contribution in [3.63, 3.8) is 0 Å². The Balaban J connectivity index is 1.47. The molecule has 4 rings (SSSR count). The molecule has 0 aliphatic rings. The summed E-state index contributed by atoms with van der Waals surface area (Å²) in [5.74, 6) is 0.433. The Morgan fingerprint density at radius 1 is 1.00 bits per heavy atom. The van der Waals surface area contributed by atoms with Crippen LogP contribution in [0, 0.1) is 0 Å². The Morgan fingerprint density at radius 3 is 2.50 bits per heavy atom. The lowest BCUT2D eigenvalue weighted by Crippen LogP contribution is -2.31. The summed E-state index contributed by atoms with van der Waals surface area (Å²) in [4.78, 5) is 33.5. The average Bonchev–Trinajstić information content (AvgIpc) is 3.38. The lowest BCUT2D eigenvalue weighted by atomic mass is 10.0. The van der Waals surface area contributed by atoms with Crippen LogP contribution in [0.4, 0.5) is 0 Å². The van der Waals surface area contributed by atoms with Gasteiger partial charge in [0.05, 0.1) is 26.3 Å². The number of rotatable bonds is 8. The van der Waals surface area contributed by atoms with Crippen LogP contribution in [-0.4, -0.2) is 21.7 Å². The number of imidazole rings is 1. The van der Waals surface area contributed by atoms with Gasteiger partial charge in [-0.25, -0.2) is 4.98 Å². The monoisotopic (exact) mass is 437 g/mol. The van der Waals surface area contributed by atoms with E-state index >= 15 is 0 Å².